The van der Waals surface area contributed by atoms with Crippen LogP contribution in [0.4, 0.5) is 0 Å². The molecule has 2 aromatic rings. The first kappa shape index (κ1) is 25.2. The van der Waals surface area contributed by atoms with E-state index in [0.717, 1.165) is 39.8 Å². The molecule has 162 valence electrons. The summed E-state index contributed by atoms with van der Waals surface area (Å²) in [7, 11) is -4.23. The van der Waals surface area contributed by atoms with E-state index in [1.54, 1.807) is 6.07 Å². The van der Waals surface area contributed by atoms with Crippen LogP contribution in [0.25, 0.3) is 0 Å². The van der Waals surface area contributed by atoms with E-state index in [2.05, 4.69) is 13.8 Å². The number of hydrogen-bond acceptors (Lipinski definition) is 3. The first-order valence-electron chi connectivity index (χ1n) is 10.0. The molecule has 0 aliphatic heterocycles. The third kappa shape index (κ3) is 6.33. The van der Waals surface area contributed by atoms with Crippen molar-refractivity contribution >= 4 is 7.60 Å². The minimum atomic E-state index is -4.23. The predicted octanol–water partition coefficient (Wildman–Crippen LogP) is 5.88. The molecule has 0 saturated heterocycles. The van der Waals surface area contributed by atoms with E-state index in [9.17, 15) is 9.67 Å². The molecular weight excluding hydrogens is 387 g/mol. The molecule has 0 spiro atoms. The van der Waals surface area contributed by atoms with Crippen LogP contribution in [0.5, 0.6) is 11.5 Å². The van der Waals surface area contributed by atoms with E-state index in [4.69, 9.17) is 14.5 Å². The number of benzene rings is 2. The van der Waals surface area contributed by atoms with Crippen LogP contribution in [0.1, 0.15) is 72.6 Å². The number of phenolic OH excluding ortho intramolecular Hbond substituents is 1. The van der Waals surface area contributed by atoms with Crippen LogP contribution < -0.4 is 4.74 Å². The smallest absolute Gasteiger partial charge is 0.362 e. The number of hydrogen-bond donors (Lipinski definition) is 3. The van der Waals surface area contributed by atoms with E-state index in [-0.39, 0.29) is 5.92 Å². The highest BCUT2D eigenvalue weighted by Gasteiger charge is 2.20. The lowest BCUT2D eigenvalue weighted by Crippen LogP contribution is -2.07. The average molecular weight is 423 g/mol. The number of rotatable bonds is 6. The molecule has 2 rings (SSSR count). The molecule has 6 heteroatoms. The Morgan fingerprint density at radius 1 is 0.966 bits per heavy atom. The third-order valence-corrected chi connectivity index (χ3v) is 5.65. The number of phenols is 1. The fourth-order valence-electron chi connectivity index (χ4n) is 3.37. The zero-order valence-electron chi connectivity index (χ0n) is 18.8. The Kier molecular flexibility index (Phi) is 8.95. The van der Waals surface area contributed by atoms with Gasteiger partial charge in [-0.3, -0.25) is 4.57 Å². The van der Waals surface area contributed by atoms with Gasteiger partial charge in [0.15, 0.2) is 6.35 Å². The van der Waals surface area contributed by atoms with Crippen molar-refractivity contribution in [3.8, 4) is 11.5 Å². The predicted molar refractivity (Wildman–Crippen MR) is 119 cm³/mol. The van der Waals surface area contributed by atoms with Crippen LogP contribution >= 0.6 is 7.60 Å². The van der Waals surface area contributed by atoms with Crippen LogP contribution in [0.3, 0.4) is 0 Å². The summed E-state index contributed by atoms with van der Waals surface area (Å²) in [6.45, 7) is 15.9. The second-order valence-electron chi connectivity index (χ2n) is 7.47. The van der Waals surface area contributed by atoms with Gasteiger partial charge in [0, 0.05) is 0 Å². The summed E-state index contributed by atoms with van der Waals surface area (Å²) in [6, 6.07) is 5.72. The molecule has 0 bridgehead atoms. The third-order valence-electron chi connectivity index (χ3n) is 5.18. The van der Waals surface area contributed by atoms with Gasteiger partial charge in [0.2, 0.25) is 0 Å². The van der Waals surface area contributed by atoms with Crippen molar-refractivity contribution < 1.29 is 24.2 Å². The maximum atomic E-state index is 11.2. The maximum absolute atomic E-state index is 11.2. The summed E-state index contributed by atoms with van der Waals surface area (Å²) < 4.78 is 16.6. The standard InChI is InChI=1S/C21H29O5P.C2H6/c1-12(2)18-9-17(7-8-20(18)22)10-19-13(3)15(5)21(16(6)14(19)4)26-11-27(23,24)25;1-2/h7-9,12,22H,10-11H2,1-6H3,(H2,23,24,25);1-2H3. The summed E-state index contributed by atoms with van der Waals surface area (Å²) in [5.41, 5.74) is 7.11. The van der Waals surface area contributed by atoms with Gasteiger partial charge in [0.05, 0.1) is 0 Å². The average Bonchev–Trinajstić information content (AvgIpc) is 2.65. The van der Waals surface area contributed by atoms with Gasteiger partial charge in [0.25, 0.3) is 0 Å². The first-order valence-corrected chi connectivity index (χ1v) is 11.8. The summed E-state index contributed by atoms with van der Waals surface area (Å²) in [6.07, 6.45) is 0.0980. The van der Waals surface area contributed by atoms with Gasteiger partial charge < -0.3 is 19.6 Å². The largest absolute Gasteiger partial charge is 0.508 e. The Balaban J connectivity index is 0.00000204. The molecule has 29 heavy (non-hydrogen) atoms. The number of ether oxygens (including phenoxy) is 1. The quantitative estimate of drug-likeness (QED) is 0.506. The van der Waals surface area contributed by atoms with Crippen LogP contribution in [-0.2, 0) is 11.0 Å². The molecule has 3 N–H and O–H groups in total. The molecule has 0 aromatic heterocycles. The first-order chi connectivity index (χ1) is 13.4. The highest BCUT2D eigenvalue weighted by molar-refractivity contribution is 7.51. The van der Waals surface area contributed by atoms with Crippen LogP contribution in [-0.4, -0.2) is 21.2 Å². The van der Waals surface area contributed by atoms with Gasteiger partial charge in [-0.05, 0) is 85.0 Å². The van der Waals surface area contributed by atoms with Gasteiger partial charge in [-0.2, -0.15) is 0 Å². The highest BCUT2D eigenvalue weighted by Crippen LogP contribution is 2.39. The minimum absolute atomic E-state index is 0.235. The molecule has 0 heterocycles. The van der Waals surface area contributed by atoms with Gasteiger partial charge in [-0.25, -0.2) is 0 Å². The summed E-state index contributed by atoms with van der Waals surface area (Å²) in [4.78, 5) is 18.2. The summed E-state index contributed by atoms with van der Waals surface area (Å²) in [5.74, 6) is 1.10. The molecule has 0 aliphatic rings. The lowest BCUT2D eigenvalue weighted by atomic mass is 9.88. The Bertz CT molecular complexity index is 868. The van der Waals surface area contributed by atoms with E-state index >= 15 is 0 Å². The monoisotopic (exact) mass is 422 g/mol. The topological polar surface area (TPSA) is 87.0 Å². The Morgan fingerprint density at radius 2 is 1.48 bits per heavy atom. The van der Waals surface area contributed by atoms with E-state index in [1.165, 1.54) is 5.56 Å². The van der Waals surface area contributed by atoms with Crippen molar-refractivity contribution in [3.05, 3.63) is 57.1 Å². The molecule has 0 saturated carbocycles. The van der Waals surface area contributed by atoms with Gasteiger partial charge in [0.1, 0.15) is 11.5 Å². The molecule has 0 fully saturated rings. The Labute approximate surface area is 174 Å². The van der Waals surface area contributed by atoms with Crippen molar-refractivity contribution in [2.45, 2.75) is 67.7 Å². The minimum Gasteiger partial charge on any atom is -0.508 e. The molecule has 2 aromatic carbocycles. The van der Waals surface area contributed by atoms with E-state index in [1.807, 2.05) is 53.7 Å². The maximum Gasteiger partial charge on any atom is 0.362 e. The second kappa shape index (κ2) is 10.3. The molecule has 0 atom stereocenters. The highest BCUT2D eigenvalue weighted by atomic mass is 31.2. The molecule has 0 aliphatic carbocycles. The van der Waals surface area contributed by atoms with Crippen molar-refractivity contribution in [3.63, 3.8) is 0 Å². The second-order valence-corrected chi connectivity index (χ2v) is 9.06. The van der Waals surface area contributed by atoms with Gasteiger partial charge in [-0.1, -0.05) is 39.8 Å². The van der Waals surface area contributed by atoms with Gasteiger partial charge >= 0.3 is 7.60 Å². The van der Waals surface area contributed by atoms with Crippen LogP contribution in [0, 0.1) is 27.7 Å². The van der Waals surface area contributed by atoms with Crippen LogP contribution in [0.15, 0.2) is 18.2 Å². The fraction of sp³-hybridized carbons (Fsp3) is 0.478. The molecule has 0 unspecified atom stereocenters. The lowest BCUT2D eigenvalue weighted by Gasteiger charge is -2.21. The lowest BCUT2D eigenvalue weighted by molar-refractivity contribution is 0.298. The van der Waals surface area contributed by atoms with E-state index < -0.39 is 13.9 Å². The van der Waals surface area contributed by atoms with E-state index in [0.29, 0.717) is 11.5 Å². The zero-order chi connectivity index (χ0) is 22.5. The summed E-state index contributed by atoms with van der Waals surface area (Å²) in [5, 5.41) is 10.0. The van der Waals surface area contributed by atoms with Crippen LogP contribution in [0.2, 0.25) is 0 Å². The molecule has 0 amide bonds. The Morgan fingerprint density at radius 3 is 1.93 bits per heavy atom. The van der Waals surface area contributed by atoms with Crippen molar-refractivity contribution in [1.82, 2.24) is 0 Å². The van der Waals surface area contributed by atoms with Crippen molar-refractivity contribution in [2.75, 3.05) is 6.35 Å². The number of aromatic hydroxyl groups is 1. The normalized spacial score (nSPS) is 11.3. The fourth-order valence-corrected chi connectivity index (χ4v) is 3.66. The molecule has 5 nitrogen and oxygen atoms in total. The SMILES string of the molecule is CC.Cc1c(C)c(OCP(=O)(O)O)c(C)c(C)c1Cc1ccc(O)c(C(C)C)c1. The van der Waals surface area contributed by atoms with Gasteiger partial charge in [-0.15, -0.1) is 0 Å². The summed E-state index contributed by atoms with van der Waals surface area (Å²) >= 11 is 0. The molecular formula is C23H35O5P. The van der Waals surface area contributed by atoms with Crippen molar-refractivity contribution in [1.29, 1.82) is 0 Å². The molecule has 0 radical (unpaired) electrons. The Hall–Kier alpha value is -1.81. The van der Waals surface area contributed by atoms with Crippen molar-refractivity contribution in [2.24, 2.45) is 0 Å². The zero-order valence-corrected chi connectivity index (χ0v) is 19.7.